The molecule has 1 heteroatoms. The summed E-state index contributed by atoms with van der Waals surface area (Å²) in [5, 5.41) is 3.69. The maximum atomic E-state index is 3.69. The summed E-state index contributed by atoms with van der Waals surface area (Å²) < 4.78 is 0. The maximum absolute atomic E-state index is 3.69. The van der Waals surface area contributed by atoms with Gasteiger partial charge in [-0.05, 0) is 43.2 Å². The molecule has 2 rings (SSSR count). The molecule has 1 aliphatic carbocycles. The second-order valence-electron chi connectivity index (χ2n) is 5.12. The van der Waals surface area contributed by atoms with Gasteiger partial charge in [0, 0.05) is 12.1 Å². The summed E-state index contributed by atoms with van der Waals surface area (Å²) in [4.78, 5) is 0. The van der Waals surface area contributed by atoms with E-state index in [2.05, 4.69) is 50.4 Å². The Morgan fingerprint density at radius 3 is 2.69 bits per heavy atom. The van der Waals surface area contributed by atoms with E-state index in [1.807, 2.05) is 0 Å². The summed E-state index contributed by atoms with van der Waals surface area (Å²) in [7, 11) is 0. The Morgan fingerprint density at radius 1 is 1.31 bits per heavy atom. The van der Waals surface area contributed by atoms with Gasteiger partial charge >= 0.3 is 0 Å². The Kier molecular flexibility index (Phi) is 3.65. The summed E-state index contributed by atoms with van der Waals surface area (Å²) in [6, 6.07) is 10.4. The van der Waals surface area contributed by atoms with Crippen molar-refractivity contribution >= 4 is 0 Å². The molecule has 1 fully saturated rings. The Bertz CT molecular complexity index is 341. The van der Waals surface area contributed by atoms with Crippen LogP contribution in [0.2, 0.25) is 0 Å². The van der Waals surface area contributed by atoms with E-state index >= 15 is 0 Å². The molecule has 0 spiro atoms. The van der Waals surface area contributed by atoms with Gasteiger partial charge in [-0.2, -0.15) is 0 Å². The first-order valence-corrected chi connectivity index (χ1v) is 6.55. The molecule has 1 aromatic carbocycles. The monoisotopic (exact) mass is 217 g/mol. The standard InChI is InChI=1S/C15H23N/c1-4-13-6-5-7-14(10-13)11(2)12(3)16-15-8-9-15/h5-7,10-12,15-16H,4,8-9H2,1-3H3. The first-order valence-electron chi connectivity index (χ1n) is 6.55. The van der Waals surface area contributed by atoms with E-state index in [-0.39, 0.29) is 0 Å². The predicted molar refractivity (Wildman–Crippen MR) is 69.9 cm³/mol. The van der Waals surface area contributed by atoms with E-state index in [1.54, 1.807) is 0 Å². The van der Waals surface area contributed by atoms with Crippen molar-refractivity contribution in [1.29, 1.82) is 0 Å². The SMILES string of the molecule is CCc1cccc(C(C)C(C)NC2CC2)c1. The summed E-state index contributed by atoms with van der Waals surface area (Å²) >= 11 is 0. The lowest BCUT2D eigenvalue weighted by molar-refractivity contribution is 0.478. The smallest absolute Gasteiger partial charge is 0.0107 e. The fourth-order valence-corrected chi connectivity index (χ4v) is 2.15. The first-order chi connectivity index (χ1) is 7.70. The molecule has 0 aromatic heterocycles. The Labute approximate surface area is 99.3 Å². The molecule has 0 amide bonds. The Balaban J connectivity index is 2.02. The fourth-order valence-electron chi connectivity index (χ4n) is 2.15. The highest BCUT2D eigenvalue weighted by Gasteiger charge is 2.25. The summed E-state index contributed by atoms with van der Waals surface area (Å²) in [5.41, 5.74) is 2.92. The van der Waals surface area contributed by atoms with Crippen molar-refractivity contribution in [3.8, 4) is 0 Å². The zero-order valence-corrected chi connectivity index (χ0v) is 10.7. The minimum absolute atomic E-state index is 0.583. The quantitative estimate of drug-likeness (QED) is 0.796. The van der Waals surface area contributed by atoms with Crippen molar-refractivity contribution in [3.05, 3.63) is 35.4 Å². The van der Waals surface area contributed by atoms with Crippen LogP contribution >= 0.6 is 0 Å². The lowest BCUT2D eigenvalue weighted by atomic mass is 9.92. The normalized spacial score (nSPS) is 19.4. The van der Waals surface area contributed by atoms with Gasteiger partial charge in [0.2, 0.25) is 0 Å². The largest absolute Gasteiger partial charge is 0.311 e. The highest BCUT2D eigenvalue weighted by atomic mass is 15.0. The highest BCUT2D eigenvalue weighted by Crippen LogP contribution is 2.25. The van der Waals surface area contributed by atoms with Crippen LogP contribution in [-0.2, 0) is 6.42 Å². The van der Waals surface area contributed by atoms with E-state index < -0.39 is 0 Å². The second-order valence-corrected chi connectivity index (χ2v) is 5.12. The zero-order valence-electron chi connectivity index (χ0n) is 10.7. The molecule has 16 heavy (non-hydrogen) atoms. The van der Waals surface area contributed by atoms with Crippen LogP contribution in [0.3, 0.4) is 0 Å². The first kappa shape index (κ1) is 11.7. The van der Waals surface area contributed by atoms with Crippen LogP contribution < -0.4 is 5.32 Å². The van der Waals surface area contributed by atoms with Crippen LogP contribution in [0.15, 0.2) is 24.3 Å². The minimum Gasteiger partial charge on any atom is -0.311 e. The van der Waals surface area contributed by atoms with Gasteiger partial charge in [-0.1, -0.05) is 38.1 Å². The third-order valence-electron chi connectivity index (χ3n) is 3.71. The third kappa shape index (κ3) is 2.85. The van der Waals surface area contributed by atoms with Gasteiger partial charge in [0.05, 0.1) is 0 Å². The molecule has 2 atom stereocenters. The number of hydrogen-bond acceptors (Lipinski definition) is 1. The van der Waals surface area contributed by atoms with E-state index in [0.29, 0.717) is 12.0 Å². The molecule has 0 heterocycles. The average molecular weight is 217 g/mol. The van der Waals surface area contributed by atoms with Crippen molar-refractivity contribution < 1.29 is 0 Å². The lowest BCUT2D eigenvalue weighted by Crippen LogP contribution is -2.32. The molecular formula is C15H23N. The zero-order chi connectivity index (χ0) is 11.5. The summed E-state index contributed by atoms with van der Waals surface area (Å²) in [5.74, 6) is 0.604. The van der Waals surface area contributed by atoms with Gasteiger partial charge in [0.1, 0.15) is 0 Å². The van der Waals surface area contributed by atoms with Crippen LogP contribution in [0.25, 0.3) is 0 Å². The molecule has 0 bridgehead atoms. The molecule has 2 unspecified atom stereocenters. The molecule has 1 N–H and O–H groups in total. The van der Waals surface area contributed by atoms with Crippen molar-refractivity contribution in [2.45, 2.75) is 58.0 Å². The molecular weight excluding hydrogens is 194 g/mol. The van der Waals surface area contributed by atoms with E-state index in [1.165, 1.54) is 24.0 Å². The number of rotatable bonds is 5. The van der Waals surface area contributed by atoms with Crippen LogP contribution in [0, 0.1) is 0 Å². The second kappa shape index (κ2) is 5.01. The van der Waals surface area contributed by atoms with E-state index in [4.69, 9.17) is 0 Å². The Morgan fingerprint density at radius 2 is 2.06 bits per heavy atom. The number of benzene rings is 1. The number of aryl methyl sites for hydroxylation is 1. The van der Waals surface area contributed by atoms with Crippen LogP contribution in [0.5, 0.6) is 0 Å². The fraction of sp³-hybridized carbons (Fsp3) is 0.600. The molecule has 88 valence electrons. The molecule has 1 aliphatic rings. The minimum atomic E-state index is 0.583. The van der Waals surface area contributed by atoms with Crippen molar-refractivity contribution in [2.75, 3.05) is 0 Å². The van der Waals surface area contributed by atoms with Crippen LogP contribution in [-0.4, -0.2) is 12.1 Å². The van der Waals surface area contributed by atoms with Gasteiger partial charge in [-0.25, -0.2) is 0 Å². The Hall–Kier alpha value is -0.820. The van der Waals surface area contributed by atoms with Gasteiger partial charge < -0.3 is 5.32 Å². The molecule has 0 saturated heterocycles. The van der Waals surface area contributed by atoms with E-state index in [9.17, 15) is 0 Å². The number of nitrogens with one attached hydrogen (secondary N) is 1. The molecule has 1 aromatic rings. The summed E-state index contributed by atoms with van der Waals surface area (Å²) in [6.45, 7) is 6.85. The van der Waals surface area contributed by atoms with Gasteiger partial charge in [0.25, 0.3) is 0 Å². The molecule has 0 radical (unpaired) electrons. The summed E-state index contributed by atoms with van der Waals surface area (Å²) in [6.07, 6.45) is 3.86. The van der Waals surface area contributed by atoms with Gasteiger partial charge in [-0.3, -0.25) is 0 Å². The lowest BCUT2D eigenvalue weighted by Gasteiger charge is -2.22. The van der Waals surface area contributed by atoms with Crippen molar-refractivity contribution in [1.82, 2.24) is 5.32 Å². The topological polar surface area (TPSA) is 12.0 Å². The maximum Gasteiger partial charge on any atom is 0.0107 e. The predicted octanol–water partition coefficient (Wildman–Crippen LogP) is 3.49. The van der Waals surface area contributed by atoms with Crippen molar-refractivity contribution in [2.24, 2.45) is 0 Å². The van der Waals surface area contributed by atoms with Gasteiger partial charge in [0.15, 0.2) is 0 Å². The number of hydrogen-bond donors (Lipinski definition) is 1. The average Bonchev–Trinajstić information content (AvgIpc) is 3.12. The molecule has 0 aliphatic heterocycles. The molecule has 1 saturated carbocycles. The van der Waals surface area contributed by atoms with Crippen molar-refractivity contribution in [3.63, 3.8) is 0 Å². The highest BCUT2D eigenvalue weighted by molar-refractivity contribution is 5.27. The van der Waals surface area contributed by atoms with Crippen LogP contribution in [0.1, 0.15) is 50.7 Å². The van der Waals surface area contributed by atoms with E-state index in [0.717, 1.165) is 12.5 Å². The van der Waals surface area contributed by atoms with Crippen LogP contribution in [0.4, 0.5) is 0 Å². The molecule has 1 nitrogen and oxygen atoms in total. The third-order valence-corrected chi connectivity index (χ3v) is 3.71. The van der Waals surface area contributed by atoms with Gasteiger partial charge in [-0.15, -0.1) is 0 Å².